The summed E-state index contributed by atoms with van der Waals surface area (Å²) in [6.45, 7) is 1.77. The summed E-state index contributed by atoms with van der Waals surface area (Å²) >= 11 is 3.40. The first kappa shape index (κ1) is 33.8. The Bertz CT molecular complexity index is 1770. The number of aromatic carboxylic acids is 1. The third-order valence-corrected chi connectivity index (χ3v) is 9.99. The van der Waals surface area contributed by atoms with Gasteiger partial charge in [0.25, 0.3) is 0 Å². The van der Waals surface area contributed by atoms with E-state index in [-0.39, 0.29) is 45.8 Å². The van der Waals surface area contributed by atoms with Crippen LogP contribution in [0.4, 0.5) is 17.1 Å². The fourth-order valence-corrected chi connectivity index (χ4v) is 7.00. The number of nitrogens with one attached hydrogen (secondary N) is 1. The number of carbonyl (C=O) groups is 2. The molecule has 4 aromatic rings. The van der Waals surface area contributed by atoms with Crippen LogP contribution in [0.2, 0.25) is 0 Å². The van der Waals surface area contributed by atoms with Gasteiger partial charge in [-0.2, -0.15) is 0 Å². The highest BCUT2D eigenvalue weighted by Crippen LogP contribution is 2.36. The lowest BCUT2D eigenvalue weighted by atomic mass is 10.1. The Labute approximate surface area is 277 Å². The lowest BCUT2D eigenvalue weighted by Crippen LogP contribution is -2.41. The number of halogens is 2. The van der Waals surface area contributed by atoms with Crippen LogP contribution in [0.1, 0.15) is 35.2 Å². The third-order valence-electron chi connectivity index (χ3n) is 7.46. The molecule has 0 saturated carbocycles. The predicted molar refractivity (Wildman–Crippen MR) is 180 cm³/mol. The Morgan fingerprint density at radius 2 is 1.53 bits per heavy atom. The highest BCUT2D eigenvalue weighted by Gasteiger charge is 2.24. The van der Waals surface area contributed by atoms with Crippen LogP contribution in [0.15, 0.2) is 105 Å². The number of rotatable bonds is 10. The SMILES string of the molecule is COc1cc(CC(=O)NN(c2ccc(S(=O)(=O)c3ccccc3)cc2)c2ccccc2N2CCCCC2)c(Br)cc1C(=O)O.Cl. The van der Waals surface area contributed by atoms with Gasteiger partial charge in [-0.25, -0.2) is 13.2 Å². The largest absolute Gasteiger partial charge is 0.496 e. The zero-order valence-electron chi connectivity index (χ0n) is 24.5. The maximum absolute atomic E-state index is 13.6. The summed E-state index contributed by atoms with van der Waals surface area (Å²) in [6, 6.07) is 25.4. The summed E-state index contributed by atoms with van der Waals surface area (Å²) in [4.78, 5) is 27.8. The molecule has 1 amide bonds. The van der Waals surface area contributed by atoms with Gasteiger partial charge in [0, 0.05) is 17.6 Å². The topological polar surface area (TPSA) is 116 Å². The number of hydrogen-bond donors (Lipinski definition) is 2. The lowest BCUT2D eigenvalue weighted by molar-refractivity contribution is -0.120. The number of nitrogens with zero attached hydrogens (tertiary/aromatic N) is 2. The van der Waals surface area contributed by atoms with Gasteiger partial charge in [-0.05, 0) is 85.5 Å². The molecule has 45 heavy (non-hydrogen) atoms. The maximum Gasteiger partial charge on any atom is 0.339 e. The Morgan fingerprint density at radius 3 is 2.18 bits per heavy atom. The van der Waals surface area contributed by atoms with Gasteiger partial charge in [0.2, 0.25) is 15.7 Å². The first-order valence-corrected chi connectivity index (χ1v) is 16.4. The van der Waals surface area contributed by atoms with E-state index in [0.717, 1.165) is 43.7 Å². The monoisotopic (exact) mass is 713 g/mol. The molecule has 0 bridgehead atoms. The Hall–Kier alpha value is -4.06. The molecule has 0 aliphatic carbocycles. The molecule has 0 aromatic heterocycles. The Balaban J connectivity index is 0.00000461. The number of benzene rings is 4. The summed E-state index contributed by atoms with van der Waals surface area (Å²) in [5.41, 5.74) is 5.77. The molecule has 9 nitrogen and oxygen atoms in total. The van der Waals surface area contributed by atoms with Crippen molar-refractivity contribution in [1.29, 1.82) is 0 Å². The molecule has 0 radical (unpaired) electrons. The Morgan fingerprint density at radius 1 is 0.911 bits per heavy atom. The quantitative estimate of drug-likeness (QED) is 0.172. The molecular formula is C33H33BrClN3O6S. The van der Waals surface area contributed by atoms with Crippen molar-refractivity contribution in [2.45, 2.75) is 35.5 Å². The van der Waals surface area contributed by atoms with Gasteiger partial charge < -0.3 is 14.7 Å². The van der Waals surface area contributed by atoms with Crippen molar-refractivity contribution in [2.24, 2.45) is 0 Å². The number of anilines is 3. The summed E-state index contributed by atoms with van der Waals surface area (Å²) in [5, 5.41) is 11.2. The van der Waals surface area contributed by atoms with Crippen LogP contribution in [0.5, 0.6) is 5.75 Å². The average Bonchev–Trinajstić information content (AvgIpc) is 3.05. The van der Waals surface area contributed by atoms with Crippen LogP contribution in [0.3, 0.4) is 0 Å². The van der Waals surface area contributed by atoms with E-state index in [9.17, 15) is 23.1 Å². The zero-order chi connectivity index (χ0) is 31.3. The van der Waals surface area contributed by atoms with Crippen LogP contribution in [0.25, 0.3) is 0 Å². The third kappa shape index (κ3) is 7.61. The van der Waals surface area contributed by atoms with E-state index in [0.29, 0.717) is 15.7 Å². The van der Waals surface area contributed by atoms with Crippen LogP contribution >= 0.6 is 28.3 Å². The minimum atomic E-state index is -3.73. The van der Waals surface area contributed by atoms with Crippen LogP contribution < -0.4 is 20.1 Å². The minimum Gasteiger partial charge on any atom is -0.496 e. The molecule has 0 unspecified atom stereocenters. The molecular weight excluding hydrogens is 682 g/mol. The summed E-state index contributed by atoms with van der Waals surface area (Å²) in [5.74, 6) is -1.37. The van der Waals surface area contributed by atoms with Gasteiger partial charge in [-0.15, -0.1) is 12.4 Å². The van der Waals surface area contributed by atoms with Gasteiger partial charge in [-0.1, -0.05) is 46.3 Å². The number of carboxylic acids is 1. The fraction of sp³-hybridized carbons (Fsp3) is 0.212. The molecule has 1 aliphatic heterocycles. The molecule has 2 N–H and O–H groups in total. The van der Waals surface area contributed by atoms with Crippen molar-refractivity contribution in [1.82, 2.24) is 5.43 Å². The molecule has 5 rings (SSSR count). The van der Waals surface area contributed by atoms with Crippen molar-refractivity contribution in [3.63, 3.8) is 0 Å². The van der Waals surface area contributed by atoms with Crippen LogP contribution in [-0.2, 0) is 21.1 Å². The van der Waals surface area contributed by atoms with E-state index in [1.54, 1.807) is 47.5 Å². The summed E-state index contributed by atoms with van der Waals surface area (Å²) in [7, 11) is -2.35. The number of methoxy groups -OCH3 is 1. The van der Waals surface area contributed by atoms with E-state index >= 15 is 0 Å². The number of para-hydroxylation sites is 2. The number of amides is 1. The molecule has 0 atom stereocenters. The number of sulfone groups is 1. The molecule has 1 heterocycles. The summed E-state index contributed by atoms with van der Waals surface area (Å²) in [6.07, 6.45) is 3.21. The average molecular weight is 715 g/mol. The van der Waals surface area contributed by atoms with Crippen molar-refractivity contribution in [3.8, 4) is 5.75 Å². The standard InChI is InChI=1S/C33H32BrN3O6S.ClH/c1-43-31-20-23(28(34)22-27(31)33(39)40)21-32(38)35-37(30-13-7-6-12-29(30)36-18-8-3-9-19-36)24-14-16-26(17-15-24)44(41,42)25-10-4-2-5-11-25;/h2,4-7,10-17,20,22H,3,8-9,18-19,21H2,1H3,(H,35,38)(H,39,40);1H. The predicted octanol–water partition coefficient (Wildman–Crippen LogP) is 6.81. The number of hydrogen-bond acceptors (Lipinski definition) is 7. The molecule has 1 aliphatic rings. The Kier molecular flexibility index (Phi) is 11.1. The maximum atomic E-state index is 13.6. The van der Waals surface area contributed by atoms with E-state index in [4.69, 9.17) is 4.74 Å². The first-order chi connectivity index (χ1) is 21.2. The lowest BCUT2D eigenvalue weighted by Gasteiger charge is -2.34. The molecule has 4 aromatic carbocycles. The number of ether oxygens (including phenoxy) is 1. The van der Waals surface area contributed by atoms with Crippen molar-refractivity contribution >= 4 is 67.1 Å². The smallest absolute Gasteiger partial charge is 0.339 e. The molecule has 12 heteroatoms. The second kappa shape index (κ2) is 14.8. The molecule has 1 saturated heterocycles. The van der Waals surface area contributed by atoms with E-state index in [1.165, 1.54) is 31.4 Å². The van der Waals surface area contributed by atoms with Crippen molar-refractivity contribution in [2.75, 3.05) is 30.1 Å². The summed E-state index contributed by atoms with van der Waals surface area (Å²) < 4.78 is 32.2. The molecule has 236 valence electrons. The van der Waals surface area contributed by atoms with Gasteiger partial charge >= 0.3 is 5.97 Å². The second-order valence-electron chi connectivity index (χ2n) is 10.3. The highest BCUT2D eigenvalue weighted by atomic mass is 79.9. The number of carbonyl (C=O) groups excluding carboxylic acids is 1. The van der Waals surface area contributed by atoms with Crippen molar-refractivity contribution < 1.29 is 27.9 Å². The second-order valence-corrected chi connectivity index (χ2v) is 13.1. The van der Waals surface area contributed by atoms with Crippen LogP contribution in [-0.4, -0.2) is 45.6 Å². The molecule has 1 fully saturated rings. The van der Waals surface area contributed by atoms with Gasteiger partial charge in [0.1, 0.15) is 11.3 Å². The molecule has 0 spiro atoms. The zero-order valence-corrected chi connectivity index (χ0v) is 27.7. The van der Waals surface area contributed by atoms with E-state index in [1.807, 2.05) is 24.3 Å². The van der Waals surface area contributed by atoms with Gasteiger partial charge in [0.15, 0.2) is 0 Å². The minimum absolute atomic E-state index is 0. The number of piperidine rings is 1. The van der Waals surface area contributed by atoms with Crippen LogP contribution in [0, 0.1) is 0 Å². The fourth-order valence-electron chi connectivity index (χ4n) is 5.23. The van der Waals surface area contributed by atoms with Crippen molar-refractivity contribution in [3.05, 3.63) is 107 Å². The van der Waals surface area contributed by atoms with E-state index in [2.05, 4.69) is 26.3 Å². The number of carboxylic acid groups (broad SMARTS) is 1. The van der Waals surface area contributed by atoms with Gasteiger partial charge in [-0.3, -0.25) is 15.2 Å². The highest BCUT2D eigenvalue weighted by molar-refractivity contribution is 9.10. The van der Waals surface area contributed by atoms with E-state index < -0.39 is 15.8 Å². The number of hydrazine groups is 1. The van der Waals surface area contributed by atoms with Gasteiger partial charge in [0.05, 0.1) is 40.4 Å². The normalized spacial score (nSPS) is 13.0. The first-order valence-electron chi connectivity index (χ1n) is 14.1.